The lowest BCUT2D eigenvalue weighted by atomic mass is 9.97. The van der Waals surface area contributed by atoms with E-state index in [1.165, 1.54) is 0 Å². The Morgan fingerprint density at radius 2 is 1.91 bits per heavy atom. The molecule has 22 heavy (non-hydrogen) atoms. The Morgan fingerprint density at radius 1 is 1.23 bits per heavy atom. The average molecular weight is 303 g/mol. The first-order chi connectivity index (χ1) is 10.4. The number of aliphatic hydroxyl groups is 1. The molecule has 0 aliphatic carbocycles. The maximum atomic E-state index is 10.00. The fraction of sp³-hybridized carbons (Fsp3) is 0.529. The normalized spacial score (nSPS) is 13.1. The van der Waals surface area contributed by atoms with E-state index in [1.807, 2.05) is 58.0 Å². The highest BCUT2D eigenvalue weighted by molar-refractivity contribution is 5.46. The summed E-state index contributed by atoms with van der Waals surface area (Å²) < 4.78 is 5.35. The third-order valence-corrected chi connectivity index (χ3v) is 3.47. The minimum Gasteiger partial charge on any atom is -0.391 e. The van der Waals surface area contributed by atoms with Gasteiger partial charge in [0.25, 0.3) is 0 Å². The largest absolute Gasteiger partial charge is 0.391 e. The number of nitrogens with zero attached hydrogens (tertiary/aromatic N) is 3. The quantitative estimate of drug-likeness (QED) is 0.888. The van der Waals surface area contributed by atoms with E-state index in [2.05, 4.69) is 15.0 Å². The van der Waals surface area contributed by atoms with Gasteiger partial charge in [0.15, 0.2) is 5.82 Å². The van der Waals surface area contributed by atoms with Crippen LogP contribution in [0.25, 0.3) is 0 Å². The molecule has 1 heterocycles. The lowest BCUT2D eigenvalue weighted by Crippen LogP contribution is -2.32. The molecule has 5 heteroatoms. The van der Waals surface area contributed by atoms with E-state index < -0.39 is 0 Å². The summed E-state index contributed by atoms with van der Waals surface area (Å²) in [5.41, 5.74) is 0.878. The van der Waals surface area contributed by atoms with Crippen molar-refractivity contribution in [3.05, 3.63) is 42.0 Å². The molecule has 120 valence electrons. The molecule has 0 fully saturated rings. The van der Waals surface area contributed by atoms with Crippen molar-refractivity contribution in [3.8, 4) is 0 Å². The van der Waals surface area contributed by atoms with Crippen molar-refractivity contribution in [1.29, 1.82) is 0 Å². The van der Waals surface area contributed by atoms with Gasteiger partial charge in [-0.25, -0.2) is 0 Å². The van der Waals surface area contributed by atoms with Crippen LogP contribution in [-0.4, -0.2) is 27.9 Å². The molecule has 0 amide bonds. The van der Waals surface area contributed by atoms with Crippen LogP contribution in [0.5, 0.6) is 0 Å². The van der Waals surface area contributed by atoms with E-state index in [0.29, 0.717) is 31.2 Å². The van der Waals surface area contributed by atoms with Crippen LogP contribution < -0.4 is 4.90 Å². The molecular weight excluding hydrogens is 278 g/mol. The zero-order valence-corrected chi connectivity index (χ0v) is 13.8. The first-order valence-corrected chi connectivity index (χ1v) is 7.71. The van der Waals surface area contributed by atoms with E-state index in [9.17, 15) is 5.11 Å². The van der Waals surface area contributed by atoms with Gasteiger partial charge in [-0.15, -0.1) is 0 Å². The van der Waals surface area contributed by atoms with Crippen molar-refractivity contribution in [2.45, 2.75) is 52.2 Å². The van der Waals surface area contributed by atoms with Crippen LogP contribution in [-0.2, 0) is 12.0 Å². The Kier molecular flexibility index (Phi) is 5.19. The molecule has 2 aromatic rings. The van der Waals surface area contributed by atoms with Crippen molar-refractivity contribution in [1.82, 2.24) is 10.1 Å². The topological polar surface area (TPSA) is 62.4 Å². The van der Waals surface area contributed by atoms with E-state index >= 15 is 0 Å². The summed E-state index contributed by atoms with van der Waals surface area (Å²) in [6.45, 7) is 9.15. The van der Waals surface area contributed by atoms with Crippen LogP contribution in [0.4, 0.5) is 5.69 Å². The number of hydrogen-bond donors (Lipinski definition) is 1. The summed E-state index contributed by atoms with van der Waals surface area (Å²) in [5.74, 6) is 1.27. The fourth-order valence-electron chi connectivity index (χ4n) is 2.08. The maximum Gasteiger partial charge on any atom is 0.232 e. The third kappa shape index (κ3) is 4.31. The third-order valence-electron chi connectivity index (χ3n) is 3.47. The Morgan fingerprint density at radius 3 is 2.45 bits per heavy atom. The molecule has 0 saturated carbocycles. The second kappa shape index (κ2) is 6.92. The summed E-state index contributed by atoms with van der Waals surface area (Å²) in [7, 11) is 0. The zero-order valence-electron chi connectivity index (χ0n) is 13.8. The van der Waals surface area contributed by atoms with Crippen molar-refractivity contribution < 1.29 is 9.63 Å². The molecule has 0 radical (unpaired) electrons. The van der Waals surface area contributed by atoms with Crippen molar-refractivity contribution in [2.24, 2.45) is 0 Å². The van der Waals surface area contributed by atoms with Gasteiger partial charge in [0.1, 0.15) is 0 Å². The molecule has 5 nitrogen and oxygen atoms in total. The van der Waals surface area contributed by atoms with E-state index in [-0.39, 0.29) is 11.5 Å². The van der Waals surface area contributed by atoms with Gasteiger partial charge in [-0.3, -0.25) is 0 Å². The molecule has 1 aromatic carbocycles. The minimum absolute atomic E-state index is 0.161. The molecule has 1 aromatic heterocycles. The molecule has 0 aliphatic heterocycles. The van der Waals surface area contributed by atoms with Crippen molar-refractivity contribution >= 4 is 5.69 Å². The highest BCUT2D eigenvalue weighted by Crippen LogP contribution is 2.21. The van der Waals surface area contributed by atoms with Crippen LogP contribution >= 0.6 is 0 Å². The highest BCUT2D eigenvalue weighted by Gasteiger charge is 2.23. The molecule has 0 bridgehead atoms. The van der Waals surface area contributed by atoms with E-state index in [0.717, 1.165) is 5.69 Å². The number of anilines is 1. The van der Waals surface area contributed by atoms with Gasteiger partial charge in [0.05, 0.1) is 12.6 Å². The maximum absolute atomic E-state index is 10.00. The van der Waals surface area contributed by atoms with Crippen LogP contribution in [0.2, 0.25) is 0 Å². The summed E-state index contributed by atoms with van der Waals surface area (Å²) in [5, 5.41) is 14.1. The van der Waals surface area contributed by atoms with Crippen LogP contribution in [0.3, 0.4) is 0 Å². The predicted octanol–water partition coefficient (Wildman–Crippen LogP) is 3.14. The first-order valence-electron chi connectivity index (χ1n) is 7.71. The van der Waals surface area contributed by atoms with Gasteiger partial charge in [0, 0.05) is 17.6 Å². The Bertz CT molecular complexity index is 575. The minimum atomic E-state index is -0.380. The summed E-state index contributed by atoms with van der Waals surface area (Å²) in [6.07, 6.45) is 0.331. The molecule has 2 rings (SSSR count). The van der Waals surface area contributed by atoms with Gasteiger partial charge in [-0.2, -0.15) is 4.98 Å². The summed E-state index contributed by atoms with van der Waals surface area (Å²) in [6, 6.07) is 9.99. The molecular formula is C17H25N3O2. The lowest BCUT2D eigenvalue weighted by Gasteiger charge is -2.25. The molecule has 0 spiro atoms. The molecule has 1 N–H and O–H groups in total. The van der Waals surface area contributed by atoms with Gasteiger partial charge >= 0.3 is 0 Å². The van der Waals surface area contributed by atoms with E-state index in [1.54, 1.807) is 0 Å². The smallest absolute Gasteiger partial charge is 0.232 e. The van der Waals surface area contributed by atoms with Gasteiger partial charge in [-0.1, -0.05) is 51.1 Å². The van der Waals surface area contributed by atoms with Gasteiger partial charge in [0.2, 0.25) is 5.89 Å². The lowest BCUT2D eigenvalue weighted by molar-refractivity contribution is 0.175. The second-order valence-corrected chi connectivity index (χ2v) is 6.54. The average Bonchev–Trinajstić information content (AvgIpc) is 2.96. The highest BCUT2D eigenvalue weighted by atomic mass is 16.5. The number of aliphatic hydroxyl groups excluding tert-OH is 1. The zero-order chi connectivity index (χ0) is 16.2. The SMILES string of the molecule is CCC(O)CN(Cc1noc(C(C)(C)C)n1)c1ccccc1. The molecule has 0 aliphatic rings. The van der Waals surface area contributed by atoms with Crippen molar-refractivity contribution in [3.63, 3.8) is 0 Å². The molecule has 0 saturated heterocycles. The van der Waals surface area contributed by atoms with Gasteiger partial charge in [-0.05, 0) is 18.6 Å². The van der Waals surface area contributed by atoms with Crippen LogP contribution in [0, 0.1) is 0 Å². The van der Waals surface area contributed by atoms with E-state index in [4.69, 9.17) is 4.52 Å². The molecule has 1 unspecified atom stereocenters. The monoisotopic (exact) mass is 303 g/mol. The van der Waals surface area contributed by atoms with Crippen molar-refractivity contribution in [2.75, 3.05) is 11.4 Å². The number of aromatic nitrogens is 2. The Labute approximate surface area is 132 Å². The summed E-state index contributed by atoms with van der Waals surface area (Å²) >= 11 is 0. The second-order valence-electron chi connectivity index (χ2n) is 6.54. The number of rotatable bonds is 6. The number of hydrogen-bond acceptors (Lipinski definition) is 5. The predicted molar refractivity (Wildman–Crippen MR) is 86.8 cm³/mol. The van der Waals surface area contributed by atoms with Crippen LogP contribution in [0.1, 0.15) is 45.8 Å². The summed E-state index contributed by atoms with van der Waals surface area (Å²) in [4.78, 5) is 6.55. The Hall–Kier alpha value is -1.88. The molecule has 1 atom stereocenters. The Balaban J connectivity index is 2.17. The first kappa shape index (κ1) is 16.5. The number of benzene rings is 1. The van der Waals surface area contributed by atoms with Crippen LogP contribution in [0.15, 0.2) is 34.9 Å². The number of para-hydroxylation sites is 1. The van der Waals surface area contributed by atoms with Gasteiger partial charge < -0.3 is 14.5 Å². The standard InChI is InChI=1S/C17H25N3O2/c1-5-14(21)11-20(13-9-7-6-8-10-13)12-15-18-16(22-19-15)17(2,3)4/h6-10,14,21H,5,11-12H2,1-4H3. The fourth-order valence-corrected chi connectivity index (χ4v) is 2.08.